The standard InChI is InChI=1S/C24H31N5O4/c1-29(15-21(30)28-23-26-16-25-17-27-23)13-12-20(14-29)33-22(31)24(32,18-8-4-2-5-9-18)19-10-6-3-7-11-19/h2,4-5,8-9,16-17,19-20,32H,3,6-7,10-15H2,1H3/p+1/t20-,24?,29?/m1/s1. The Balaban J connectivity index is 1.41. The molecule has 2 aromatic rings. The van der Waals surface area contributed by atoms with Crippen LogP contribution in [-0.2, 0) is 19.9 Å². The highest BCUT2D eigenvalue weighted by Gasteiger charge is 2.49. The van der Waals surface area contributed by atoms with Crippen molar-refractivity contribution in [1.29, 1.82) is 0 Å². The average molecular weight is 455 g/mol. The van der Waals surface area contributed by atoms with E-state index in [1.165, 1.54) is 12.7 Å². The van der Waals surface area contributed by atoms with Gasteiger partial charge < -0.3 is 14.3 Å². The van der Waals surface area contributed by atoms with Crippen molar-refractivity contribution >= 4 is 17.8 Å². The Bertz CT molecular complexity index is 954. The Hall–Kier alpha value is -2.91. The molecule has 1 aliphatic carbocycles. The minimum absolute atomic E-state index is 0.158. The number of likely N-dealkylation sites (tertiary alicyclic amines) is 1. The molecule has 2 fully saturated rings. The van der Waals surface area contributed by atoms with E-state index in [9.17, 15) is 14.7 Å². The second-order valence-corrected chi connectivity index (χ2v) is 9.48. The Morgan fingerprint density at radius 1 is 1.12 bits per heavy atom. The van der Waals surface area contributed by atoms with E-state index in [1.807, 2.05) is 25.2 Å². The van der Waals surface area contributed by atoms with Crippen molar-refractivity contribution in [1.82, 2.24) is 15.0 Å². The number of quaternary nitrogens is 1. The van der Waals surface area contributed by atoms with Crippen LogP contribution in [0.1, 0.15) is 44.1 Å². The maximum atomic E-state index is 13.4. The second kappa shape index (κ2) is 9.93. The number of rotatable bonds is 7. The number of carbonyl (C=O) groups excluding carboxylic acids is 2. The first-order valence-corrected chi connectivity index (χ1v) is 11.6. The van der Waals surface area contributed by atoms with Crippen LogP contribution in [0, 0.1) is 5.92 Å². The minimum Gasteiger partial charge on any atom is -0.454 e. The first-order chi connectivity index (χ1) is 15.9. The number of esters is 1. The van der Waals surface area contributed by atoms with E-state index >= 15 is 0 Å². The summed E-state index contributed by atoms with van der Waals surface area (Å²) in [5.74, 6) is -0.730. The number of hydrogen-bond donors (Lipinski definition) is 2. The van der Waals surface area contributed by atoms with Crippen LogP contribution in [0.5, 0.6) is 0 Å². The van der Waals surface area contributed by atoms with Crippen LogP contribution >= 0.6 is 0 Å². The smallest absolute Gasteiger partial charge is 0.343 e. The number of nitrogens with one attached hydrogen (secondary N) is 1. The van der Waals surface area contributed by atoms with Gasteiger partial charge in [0.25, 0.3) is 5.91 Å². The molecule has 2 aliphatic rings. The third-order valence-electron chi connectivity index (χ3n) is 6.90. The zero-order chi connectivity index (χ0) is 23.3. The molecule has 1 aromatic carbocycles. The number of ether oxygens (including phenoxy) is 1. The van der Waals surface area contributed by atoms with Crippen molar-refractivity contribution in [2.24, 2.45) is 5.92 Å². The number of aromatic nitrogens is 3. The maximum absolute atomic E-state index is 13.4. The van der Waals surface area contributed by atoms with Gasteiger partial charge in [-0.2, -0.15) is 0 Å². The van der Waals surface area contributed by atoms with Crippen LogP contribution in [0.3, 0.4) is 0 Å². The maximum Gasteiger partial charge on any atom is 0.343 e. The van der Waals surface area contributed by atoms with Crippen molar-refractivity contribution in [2.75, 3.05) is 32.0 Å². The van der Waals surface area contributed by atoms with Crippen molar-refractivity contribution < 1.29 is 23.9 Å². The number of nitrogens with zero attached hydrogens (tertiary/aromatic N) is 4. The van der Waals surface area contributed by atoms with Crippen LogP contribution < -0.4 is 5.32 Å². The highest BCUT2D eigenvalue weighted by molar-refractivity contribution is 5.89. The monoisotopic (exact) mass is 454 g/mol. The largest absolute Gasteiger partial charge is 0.454 e. The molecule has 0 radical (unpaired) electrons. The average Bonchev–Trinajstić information content (AvgIpc) is 3.19. The summed E-state index contributed by atoms with van der Waals surface area (Å²) in [4.78, 5) is 37.5. The number of hydrogen-bond acceptors (Lipinski definition) is 7. The van der Waals surface area contributed by atoms with Gasteiger partial charge in [0.2, 0.25) is 5.95 Å². The summed E-state index contributed by atoms with van der Waals surface area (Å²) in [6.45, 7) is 1.41. The van der Waals surface area contributed by atoms with Gasteiger partial charge in [0.15, 0.2) is 18.2 Å². The molecule has 1 amide bonds. The number of carbonyl (C=O) groups is 2. The molecule has 2 unspecified atom stereocenters. The second-order valence-electron chi connectivity index (χ2n) is 9.48. The number of anilines is 1. The molecule has 1 saturated heterocycles. The van der Waals surface area contributed by atoms with E-state index in [4.69, 9.17) is 4.74 Å². The van der Waals surface area contributed by atoms with E-state index < -0.39 is 11.6 Å². The molecule has 3 atom stereocenters. The zero-order valence-electron chi connectivity index (χ0n) is 19.0. The van der Waals surface area contributed by atoms with Gasteiger partial charge in [-0.1, -0.05) is 49.6 Å². The summed E-state index contributed by atoms with van der Waals surface area (Å²) >= 11 is 0. The molecule has 0 bridgehead atoms. The molecule has 33 heavy (non-hydrogen) atoms. The molecule has 9 nitrogen and oxygen atoms in total. The summed E-state index contributed by atoms with van der Waals surface area (Å²) in [5, 5.41) is 14.4. The summed E-state index contributed by atoms with van der Waals surface area (Å²) < 4.78 is 6.34. The van der Waals surface area contributed by atoms with E-state index in [0.29, 0.717) is 29.6 Å². The quantitative estimate of drug-likeness (QED) is 0.486. The molecule has 2 heterocycles. The summed E-state index contributed by atoms with van der Waals surface area (Å²) in [6.07, 6.45) is 7.66. The predicted molar refractivity (Wildman–Crippen MR) is 121 cm³/mol. The van der Waals surface area contributed by atoms with Crippen molar-refractivity contribution in [2.45, 2.75) is 50.2 Å². The van der Waals surface area contributed by atoms with Gasteiger partial charge in [-0.05, 0) is 18.4 Å². The Kier molecular flexibility index (Phi) is 6.99. The van der Waals surface area contributed by atoms with Gasteiger partial charge in [0.1, 0.15) is 19.2 Å². The summed E-state index contributed by atoms with van der Waals surface area (Å²) in [6, 6.07) is 9.15. The number of amides is 1. The van der Waals surface area contributed by atoms with E-state index in [1.54, 1.807) is 12.1 Å². The fourth-order valence-corrected chi connectivity index (χ4v) is 5.16. The van der Waals surface area contributed by atoms with Crippen LogP contribution in [0.2, 0.25) is 0 Å². The zero-order valence-corrected chi connectivity index (χ0v) is 19.0. The molecule has 1 aliphatic heterocycles. The van der Waals surface area contributed by atoms with Crippen molar-refractivity contribution in [3.63, 3.8) is 0 Å². The lowest BCUT2D eigenvalue weighted by Crippen LogP contribution is -2.49. The Morgan fingerprint density at radius 2 is 1.82 bits per heavy atom. The molecule has 9 heteroatoms. The van der Waals surface area contributed by atoms with Gasteiger partial charge in [-0.25, -0.2) is 19.7 Å². The molecule has 0 spiro atoms. The van der Waals surface area contributed by atoms with Gasteiger partial charge in [-0.15, -0.1) is 0 Å². The predicted octanol–water partition coefficient (Wildman–Crippen LogP) is 2.04. The van der Waals surface area contributed by atoms with Crippen LogP contribution in [0.25, 0.3) is 0 Å². The molecular formula is C24H32N5O4+. The number of benzene rings is 1. The number of likely N-dealkylation sites (N-methyl/N-ethyl adjacent to an activating group) is 1. The third-order valence-corrected chi connectivity index (χ3v) is 6.90. The normalized spacial score (nSPS) is 25.2. The van der Waals surface area contributed by atoms with Crippen molar-refractivity contribution in [3.05, 3.63) is 48.5 Å². The molecular weight excluding hydrogens is 422 g/mol. The lowest BCUT2D eigenvalue weighted by atomic mass is 9.73. The van der Waals surface area contributed by atoms with Gasteiger partial charge in [0, 0.05) is 12.3 Å². The lowest BCUT2D eigenvalue weighted by molar-refractivity contribution is -0.890. The highest BCUT2D eigenvalue weighted by Crippen LogP contribution is 2.41. The lowest BCUT2D eigenvalue weighted by Gasteiger charge is -2.37. The van der Waals surface area contributed by atoms with Gasteiger partial charge in [0.05, 0.1) is 13.6 Å². The first kappa shape index (κ1) is 23.3. The van der Waals surface area contributed by atoms with E-state index in [2.05, 4.69) is 20.3 Å². The molecule has 176 valence electrons. The SMILES string of the molecule is C[N+]1(CC(=O)Nc2ncncn2)CC[C@@H](OC(=O)C(O)(c2ccccc2)C2CCCCC2)C1. The minimum atomic E-state index is -1.65. The molecule has 2 N–H and O–H groups in total. The third kappa shape index (κ3) is 5.36. The molecule has 4 rings (SSSR count). The Labute approximate surface area is 193 Å². The van der Waals surface area contributed by atoms with Crippen LogP contribution in [0.15, 0.2) is 43.0 Å². The van der Waals surface area contributed by atoms with Crippen LogP contribution in [-0.4, -0.2) is 69.2 Å². The topological polar surface area (TPSA) is 114 Å². The number of aliphatic hydroxyl groups is 1. The van der Waals surface area contributed by atoms with E-state index in [0.717, 1.165) is 32.1 Å². The first-order valence-electron chi connectivity index (χ1n) is 11.6. The van der Waals surface area contributed by atoms with Crippen LogP contribution in [0.4, 0.5) is 5.95 Å². The molecule has 1 saturated carbocycles. The fourth-order valence-electron chi connectivity index (χ4n) is 5.16. The van der Waals surface area contributed by atoms with Gasteiger partial charge >= 0.3 is 5.97 Å². The highest BCUT2D eigenvalue weighted by atomic mass is 16.6. The van der Waals surface area contributed by atoms with Gasteiger partial charge in [-0.3, -0.25) is 10.1 Å². The summed E-state index contributed by atoms with van der Waals surface area (Å²) in [7, 11) is 1.96. The Morgan fingerprint density at radius 3 is 2.52 bits per heavy atom. The summed E-state index contributed by atoms with van der Waals surface area (Å²) in [5.41, 5.74) is -1.06. The van der Waals surface area contributed by atoms with E-state index in [-0.39, 0.29) is 30.4 Å². The van der Waals surface area contributed by atoms with Crippen molar-refractivity contribution in [3.8, 4) is 0 Å². The molecule has 1 aromatic heterocycles. The fraction of sp³-hybridized carbons (Fsp3) is 0.542.